The summed E-state index contributed by atoms with van der Waals surface area (Å²) in [4.78, 5) is 0.166. The average Bonchev–Trinajstić information content (AvgIpc) is 3.36. The Morgan fingerprint density at radius 3 is 2.69 bits per heavy atom. The molecule has 0 aliphatic heterocycles. The van der Waals surface area contributed by atoms with Gasteiger partial charge in [-0.3, -0.25) is 0 Å². The van der Waals surface area contributed by atoms with Crippen molar-refractivity contribution in [3.8, 4) is 5.69 Å². The number of thiophene rings is 1. The minimum absolute atomic E-state index is 0.0833. The van der Waals surface area contributed by atoms with Crippen molar-refractivity contribution >= 4 is 21.4 Å². The van der Waals surface area contributed by atoms with E-state index in [-0.39, 0.29) is 24.7 Å². The van der Waals surface area contributed by atoms with Crippen molar-refractivity contribution < 1.29 is 18.3 Å². The summed E-state index contributed by atoms with van der Waals surface area (Å²) in [6.07, 6.45) is 2.99. The van der Waals surface area contributed by atoms with E-state index in [2.05, 4.69) is 9.82 Å². The predicted octanol–water partition coefficient (Wildman–Crippen LogP) is 1.96. The Balaban J connectivity index is 1.69. The van der Waals surface area contributed by atoms with Crippen LogP contribution in [0.15, 0.2) is 64.4 Å². The fraction of sp³-hybridized carbons (Fsp3) is 0.235. The average molecular weight is 393 g/mol. The molecule has 0 unspecified atom stereocenters. The topological polar surface area (TPSA) is 93.5 Å². The van der Waals surface area contributed by atoms with Crippen molar-refractivity contribution in [2.45, 2.75) is 11.0 Å². The van der Waals surface area contributed by atoms with Gasteiger partial charge in [-0.05, 0) is 52.7 Å². The van der Waals surface area contributed by atoms with E-state index in [0.717, 1.165) is 11.3 Å². The Kier molecular flexibility index (Phi) is 6.17. The van der Waals surface area contributed by atoms with Gasteiger partial charge in [0.05, 0.1) is 29.9 Å². The monoisotopic (exact) mass is 393 g/mol. The SMILES string of the molecule is O=S(=O)(NC[C@@H](OCCO)c1ccsc1)c1ccc(-n2cccn2)cc1. The van der Waals surface area contributed by atoms with Gasteiger partial charge in [0, 0.05) is 18.9 Å². The third-order valence-electron chi connectivity index (χ3n) is 3.70. The number of ether oxygens (including phenoxy) is 1. The van der Waals surface area contributed by atoms with E-state index in [1.54, 1.807) is 35.3 Å². The maximum atomic E-state index is 12.5. The molecule has 0 aliphatic rings. The van der Waals surface area contributed by atoms with Gasteiger partial charge in [-0.15, -0.1) is 0 Å². The van der Waals surface area contributed by atoms with Crippen LogP contribution in [0.4, 0.5) is 0 Å². The minimum Gasteiger partial charge on any atom is -0.394 e. The molecule has 0 bridgehead atoms. The summed E-state index contributed by atoms with van der Waals surface area (Å²) in [5, 5.41) is 16.9. The van der Waals surface area contributed by atoms with Crippen LogP contribution in [0.25, 0.3) is 5.69 Å². The van der Waals surface area contributed by atoms with Gasteiger partial charge in [0.25, 0.3) is 0 Å². The van der Waals surface area contributed by atoms with Gasteiger partial charge in [-0.2, -0.15) is 16.4 Å². The van der Waals surface area contributed by atoms with Crippen molar-refractivity contribution in [2.24, 2.45) is 0 Å². The molecule has 2 heterocycles. The number of hydrogen-bond acceptors (Lipinski definition) is 6. The van der Waals surface area contributed by atoms with Crippen LogP contribution in [0.2, 0.25) is 0 Å². The van der Waals surface area contributed by atoms with Crippen molar-refractivity contribution in [1.29, 1.82) is 0 Å². The molecule has 0 amide bonds. The number of benzene rings is 1. The third kappa shape index (κ3) is 4.57. The lowest BCUT2D eigenvalue weighted by atomic mass is 10.2. The molecule has 9 heteroatoms. The number of nitrogens with zero attached hydrogens (tertiary/aromatic N) is 2. The largest absolute Gasteiger partial charge is 0.394 e. The van der Waals surface area contributed by atoms with Crippen LogP contribution in [0.3, 0.4) is 0 Å². The first-order valence-electron chi connectivity index (χ1n) is 7.94. The van der Waals surface area contributed by atoms with Gasteiger partial charge in [0.1, 0.15) is 0 Å². The number of nitrogens with one attached hydrogen (secondary N) is 1. The number of aliphatic hydroxyl groups is 1. The molecule has 0 aliphatic carbocycles. The lowest BCUT2D eigenvalue weighted by Gasteiger charge is -2.17. The van der Waals surface area contributed by atoms with E-state index in [0.29, 0.717) is 0 Å². The molecule has 0 spiro atoms. The van der Waals surface area contributed by atoms with Crippen LogP contribution in [0.5, 0.6) is 0 Å². The zero-order chi connectivity index (χ0) is 18.4. The number of aliphatic hydroxyl groups excluding tert-OH is 1. The molecule has 3 rings (SSSR count). The second-order valence-corrected chi connectivity index (χ2v) is 7.98. The second kappa shape index (κ2) is 8.56. The molecule has 2 aromatic heterocycles. The quantitative estimate of drug-likeness (QED) is 0.580. The fourth-order valence-electron chi connectivity index (χ4n) is 2.39. The summed E-state index contributed by atoms with van der Waals surface area (Å²) in [6.45, 7) is 0.100. The molecule has 138 valence electrons. The zero-order valence-electron chi connectivity index (χ0n) is 13.9. The Bertz CT molecular complexity index is 892. The van der Waals surface area contributed by atoms with Crippen molar-refractivity contribution in [3.63, 3.8) is 0 Å². The van der Waals surface area contributed by atoms with Gasteiger partial charge < -0.3 is 9.84 Å². The molecule has 0 fully saturated rings. The summed E-state index contributed by atoms with van der Waals surface area (Å²) >= 11 is 1.50. The highest BCUT2D eigenvalue weighted by Crippen LogP contribution is 2.20. The molecule has 26 heavy (non-hydrogen) atoms. The molecule has 2 N–H and O–H groups in total. The van der Waals surface area contributed by atoms with E-state index < -0.39 is 16.1 Å². The van der Waals surface area contributed by atoms with Gasteiger partial charge >= 0.3 is 0 Å². The molecule has 1 aromatic carbocycles. The van der Waals surface area contributed by atoms with E-state index in [9.17, 15) is 8.42 Å². The molecule has 1 atom stereocenters. The third-order valence-corrected chi connectivity index (χ3v) is 5.84. The first-order valence-corrected chi connectivity index (χ1v) is 10.4. The number of aromatic nitrogens is 2. The van der Waals surface area contributed by atoms with Crippen molar-refractivity contribution in [2.75, 3.05) is 19.8 Å². The molecular weight excluding hydrogens is 374 g/mol. The van der Waals surface area contributed by atoms with Crippen LogP contribution in [-0.4, -0.2) is 43.1 Å². The Morgan fingerprint density at radius 1 is 1.27 bits per heavy atom. The van der Waals surface area contributed by atoms with Gasteiger partial charge in [-0.1, -0.05) is 0 Å². The smallest absolute Gasteiger partial charge is 0.240 e. The van der Waals surface area contributed by atoms with E-state index in [4.69, 9.17) is 9.84 Å². The van der Waals surface area contributed by atoms with Crippen molar-refractivity contribution in [1.82, 2.24) is 14.5 Å². The molecular formula is C17H19N3O4S2. The van der Waals surface area contributed by atoms with Crippen molar-refractivity contribution in [3.05, 3.63) is 65.1 Å². The molecule has 0 saturated carbocycles. The zero-order valence-corrected chi connectivity index (χ0v) is 15.5. The summed E-state index contributed by atoms with van der Waals surface area (Å²) in [6, 6.07) is 10.1. The Labute approximate surface area is 155 Å². The number of rotatable bonds is 9. The summed E-state index contributed by atoms with van der Waals surface area (Å²) in [5.41, 5.74) is 1.65. The minimum atomic E-state index is -3.68. The second-order valence-electron chi connectivity index (χ2n) is 5.44. The Hall–Kier alpha value is -2.04. The van der Waals surface area contributed by atoms with Crippen LogP contribution < -0.4 is 4.72 Å². The maximum absolute atomic E-state index is 12.5. The first kappa shape index (κ1) is 18.7. The van der Waals surface area contributed by atoms with Crippen LogP contribution in [0.1, 0.15) is 11.7 Å². The normalized spacial score (nSPS) is 13.0. The van der Waals surface area contributed by atoms with E-state index in [1.807, 2.05) is 16.8 Å². The maximum Gasteiger partial charge on any atom is 0.240 e. The number of hydrogen-bond donors (Lipinski definition) is 2. The van der Waals surface area contributed by atoms with Gasteiger partial charge in [0.15, 0.2) is 0 Å². The van der Waals surface area contributed by atoms with E-state index >= 15 is 0 Å². The molecule has 0 saturated heterocycles. The number of sulfonamides is 1. The lowest BCUT2D eigenvalue weighted by molar-refractivity contribution is 0.0311. The highest BCUT2D eigenvalue weighted by Gasteiger charge is 2.19. The highest BCUT2D eigenvalue weighted by molar-refractivity contribution is 7.89. The highest BCUT2D eigenvalue weighted by atomic mass is 32.2. The summed E-state index contributed by atoms with van der Waals surface area (Å²) in [7, 11) is -3.68. The van der Waals surface area contributed by atoms with Crippen LogP contribution >= 0.6 is 11.3 Å². The standard InChI is InChI=1S/C17H19N3O4S2/c21-9-10-24-17(14-6-11-25-13-14)12-19-26(22,23)16-4-2-15(3-5-16)20-8-1-7-18-20/h1-8,11,13,17,19,21H,9-10,12H2/t17-/m1/s1. The lowest BCUT2D eigenvalue weighted by Crippen LogP contribution is -2.30. The predicted molar refractivity (Wildman–Crippen MR) is 98.9 cm³/mol. The summed E-state index contributed by atoms with van der Waals surface area (Å²) < 4.78 is 34.9. The molecule has 3 aromatic rings. The van der Waals surface area contributed by atoms with Gasteiger partial charge in [-0.25, -0.2) is 17.8 Å². The van der Waals surface area contributed by atoms with Crippen LogP contribution in [-0.2, 0) is 14.8 Å². The summed E-state index contributed by atoms with van der Waals surface area (Å²) in [5.74, 6) is 0. The fourth-order valence-corrected chi connectivity index (χ4v) is 4.13. The van der Waals surface area contributed by atoms with Gasteiger partial charge in [0.2, 0.25) is 10.0 Å². The Morgan fingerprint density at radius 2 is 2.08 bits per heavy atom. The van der Waals surface area contributed by atoms with E-state index in [1.165, 1.54) is 23.5 Å². The molecule has 0 radical (unpaired) electrons. The van der Waals surface area contributed by atoms with Crippen LogP contribution in [0, 0.1) is 0 Å². The first-order chi connectivity index (χ1) is 12.6. The molecule has 7 nitrogen and oxygen atoms in total.